The van der Waals surface area contributed by atoms with Gasteiger partial charge in [-0.25, -0.2) is 13.1 Å². The third-order valence-corrected chi connectivity index (χ3v) is 7.35. The van der Waals surface area contributed by atoms with Gasteiger partial charge in [-0.3, -0.25) is 9.69 Å². The van der Waals surface area contributed by atoms with Crippen molar-refractivity contribution >= 4 is 15.9 Å². The smallest absolute Gasteiger partial charge is 0.240 e. The van der Waals surface area contributed by atoms with E-state index in [0.717, 1.165) is 30.8 Å². The number of nitriles is 1. The highest BCUT2D eigenvalue weighted by molar-refractivity contribution is 7.89. The van der Waals surface area contributed by atoms with Crippen molar-refractivity contribution in [2.24, 2.45) is 0 Å². The highest BCUT2D eigenvalue weighted by Gasteiger charge is 2.22. The van der Waals surface area contributed by atoms with E-state index in [9.17, 15) is 13.2 Å². The molecule has 2 aromatic rings. The largest absolute Gasteiger partial charge is 0.340 e. The summed E-state index contributed by atoms with van der Waals surface area (Å²) < 4.78 is 27.6. The van der Waals surface area contributed by atoms with Crippen molar-refractivity contribution in [2.45, 2.75) is 44.0 Å². The molecule has 1 aliphatic rings. The van der Waals surface area contributed by atoms with Crippen molar-refractivity contribution in [3.63, 3.8) is 0 Å². The number of hydrogen-bond acceptors (Lipinski definition) is 5. The predicted octanol–water partition coefficient (Wildman–Crippen LogP) is 2.87. The number of piperazine rings is 1. The molecule has 1 fully saturated rings. The number of nitrogens with zero attached hydrogens (tertiary/aromatic N) is 3. The van der Waals surface area contributed by atoms with E-state index in [1.807, 2.05) is 36.4 Å². The van der Waals surface area contributed by atoms with Crippen LogP contribution in [0, 0.1) is 11.3 Å². The van der Waals surface area contributed by atoms with E-state index in [2.05, 4.69) is 36.5 Å². The predicted molar refractivity (Wildman–Crippen MR) is 128 cm³/mol. The molecule has 0 saturated carbocycles. The number of sulfonamides is 1. The topological polar surface area (TPSA) is 93.5 Å². The summed E-state index contributed by atoms with van der Waals surface area (Å²) in [7, 11) is -3.65. The lowest BCUT2D eigenvalue weighted by Gasteiger charge is -2.34. The molecule has 0 bridgehead atoms. The molecule has 176 valence electrons. The van der Waals surface area contributed by atoms with Crippen LogP contribution < -0.4 is 4.72 Å². The molecule has 3 rings (SSSR count). The van der Waals surface area contributed by atoms with Gasteiger partial charge < -0.3 is 4.90 Å². The van der Waals surface area contributed by atoms with Gasteiger partial charge in [0, 0.05) is 45.7 Å². The van der Waals surface area contributed by atoms with Crippen LogP contribution in [0.4, 0.5) is 0 Å². The number of carbonyl (C=O) groups is 1. The molecule has 0 spiro atoms. The monoisotopic (exact) mass is 468 g/mol. The molecule has 0 aliphatic carbocycles. The Morgan fingerprint density at radius 1 is 1.00 bits per heavy atom. The number of amides is 1. The summed E-state index contributed by atoms with van der Waals surface area (Å²) in [5, 5.41) is 8.90. The molecule has 1 heterocycles. The van der Waals surface area contributed by atoms with Gasteiger partial charge in [-0.2, -0.15) is 5.26 Å². The molecule has 1 saturated heterocycles. The van der Waals surface area contributed by atoms with Crippen LogP contribution in [-0.2, 0) is 26.8 Å². The van der Waals surface area contributed by atoms with E-state index >= 15 is 0 Å². The molecule has 1 amide bonds. The second kappa shape index (κ2) is 10.5. The maximum atomic E-state index is 12.6. The van der Waals surface area contributed by atoms with Gasteiger partial charge in [0.25, 0.3) is 0 Å². The minimum Gasteiger partial charge on any atom is -0.340 e. The Labute approximate surface area is 197 Å². The Morgan fingerprint density at radius 2 is 1.61 bits per heavy atom. The fourth-order valence-corrected chi connectivity index (χ4v) is 4.80. The average Bonchev–Trinajstić information content (AvgIpc) is 2.79. The highest BCUT2D eigenvalue weighted by Crippen LogP contribution is 2.23. The van der Waals surface area contributed by atoms with Crippen LogP contribution in [0.5, 0.6) is 0 Å². The molecule has 33 heavy (non-hydrogen) atoms. The summed E-state index contributed by atoms with van der Waals surface area (Å²) in [5.74, 6) is -0.0428. The van der Waals surface area contributed by atoms with Gasteiger partial charge >= 0.3 is 0 Å². The molecule has 2 aromatic carbocycles. The normalized spacial score (nSPS) is 15.3. The molecule has 0 radical (unpaired) electrons. The zero-order valence-electron chi connectivity index (χ0n) is 19.5. The molecule has 0 aromatic heterocycles. The summed E-state index contributed by atoms with van der Waals surface area (Å²) in [6.45, 7) is 9.85. The lowest BCUT2D eigenvalue weighted by atomic mass is 9.87. The molecule has 0 atom stereocenters. The van der Waals surface area contributed by atoms with Gasteiger partial charge in [-0.1, -0.05) is 45.0 Å². The maximum absolute atomic E-state index is 12.6. The number of nitrogens with one attached hydrogen (secondary N) is 1. The molecule has 1 N–H and O–H groups in total. The van der Waals surface area contributed by atoms with Gasteiger partial charge in [0.05, 0.1) is 16.5 Å². The fourth-order valence-electron chi connectivity index (χ4n) is 3.77. The molecule has 7 nitrogen and oxygen atoms in total. The number of carbonyl (C=O) groups excluding carboxylic acids is 1. The van der Waals surface area contributed by atoms with Crippen LogP contribution in [-0.4, -0.2) is 56.8 Å². The number of hydrogen-bond donors (Lipinski definition) is 1. The van der Waals surface area contributed by atoms with E-state index in [1.54, 1.807) is 17.0 Å². The summed E-state index contributed by atoms with van der Waals surface area (Å²) in [6.07, 6.45) is 0.134. The summed E-state index contributed by atoms with van der Waals surface area (Å²) in [5.41, 5.74) is 2.80. The van der Waals surface area contributed by atoms with E-state index < -0.39 is 10.0 Å². The quantitative estimate of drug-likeness (QED) is 0.674. The summed E-state index contributed by atoms with van der Waals surface area (Å²) in [6, 6.07) is 16.5. The van der Waals surface area contributed by atoms with Gasteiger partial charge in [-0.15, -0.1) is 0 Å². The van der Waals surface area contributed by atoms with Crippen molar-refractivity contribution in [1.29, 1.82) is 5.26 Å². The minimum atomic E-state index is -3.65. The maximum Gasteiger partial charge on any atom is 0.240 e. The zero-order chi connectivity index (χ0) is 24.1. The Morgan fingerprint density at radius 3 is 2.15 bits per heavy atom. The van der Waals surface area contributed by atoms with Gasteiger partial charge in [-0.05, 0) is 40.8 Å². The van der Waals surface area contributed by atoms with Crippen LogP contribution in [0.2, 0.25) is 0 Å². The second-order valence-corrected chi connectivity index (χ2v) is 11.2. The second-order valence-electron chi connectivity index (χ2n) is 9.39. The third-order valence-electron chi connectivity index (χ3n) is 5.88. The van der Waals surface area contributed by atoms with Crippen molar-refractivity contribution in [1.82, 2.24) is 14.5 Å². The first-order valence-electron chi connectivity index (χ1n) is 11.2. The summed E-state index contributed by atoms with van der Waals surface area (Å²) >= 11 is 0. The van der Waals surface area contributed by atoms with Crippen molar-refractivity contribution in [3.8, 4) is 6.07 Å². The van der Waals surface area contributed by atoms with E-state index in [-0.39, 0.29) is 29.2 Å². The number of rotatable bonds is 7. The Bertz CT molecular complexity index is 1090. The van der Waals surface area contributed by atoms with Crippen LogP contribution in [0.1, 0.15) is 43.9 Å². The van der Waals surface area contributed by atoms with E-state index in [4.69, 9.17) is 5.26 Å². The fraction of sp³-hybridized carbons (Fsp3) is 0.440. The minimum absolute atomic E-state index is 0.0428. The van der Waals surface area contributed by atoms with E-state index in [0.29, 0.717) is 18.7 Å². The third kappa shape index (κ3) is 6.87. The Balaban J connectivity index is 1.43. The number of benzene rings is 2. The van der Waals surface area contributed by atoms with E-state index in [1.165, 1.54) is 0 Å². The van der Waals surface area contributed by atoms with Crippen LogP contribution in [0.3, 0.4) is 0 Å². The molecule has 1 aliphatic heterocycles. The first-order valence-corrected chi connectivity index (χ1v) is 12.7. The van der Waals surface area contributed by atoms with Crippen molar-refractivity contribution < 1.29 is 13.2 Å². The van der Waals surface area contributed by atoms with Gasteiger partial charge in [0.15, 0.2) is 0 Å². The lowest BCUT2D eigenvalue weighted by Crippen LogP contribution is -2.48. The van der Waals surface area contributed by atoms with Gasteiger partial charge in [0.1, 0.15) is 0 Å². The van der Waals surface area contributed by atoms with Crippen LogP contribution in [0.25, 0.3) is 0 Å². The average molecular weight is 469 g/mol. The van der Waals surface area contributed by atoms with Crippen molar-refractivity contribution in [2.75, 3.05) is 32.7 Å². The van der Waals surface area contributed by atoms with Crippen LogP contribution in [0.15, 0.2) is 53.4 Å². The van der Waals surface area contributed by atoms with Crippen molar-refractivity contribution in [3.05, 3.63) is 65.2 Å². The van der Waals surface area contributed by atoms with Crippen LogP contribution >= 0.6 is 0 Å². The summed E-state index contributed by atoms with van der Waals surface area (Å²) in [4.78, 5) is 16.8. The zero-order valence-corrected chi connectivity index (χ0v) is 20.4. The Hall–Kier alpha value is -2.73. The highest BCUT2D eigenvalue weighted by atomic mass is 32.2. The SMILES string of the molecule is CC(C)(C)c1ccc(S(=O)(=O)NCCC(=O)N2CCN(Cc3ccc(C#N)cc3)CC2)cc1. The molecular weight excluding hydrogens is 436 g/mol. The molecule has 0 unspecified atom stereocenters. The first kappa shape index (κ1) is 24.9. The van der Waals surface area contributed by atoms with Gasteiger partial charge in [0.2, 0.25) is 15.9 Å². The lowest BCUT2D eigenvalue weighted by molar-refractivity contribution is -0.132. The first-order chi connectivity index (χ1) is 15.6. The standard InChI is InChI=1S/C25H32N4O3S/c1-25(2,3)22-8-10-23(11-9-22)33(31,32)27-13-12-24(30)29-16-14-28(15-17-29)19-21-6-4-20(18-26)5-7-21/h4-11,27H,12-17,19H2,1-3H3. The molecule has 8 heteroatoms. The Kier molecular flexibility index (Phi) is 7.90. The molecular formula is C25H32N4O3S.